The van der Waals surface area contributed by atoms with Crippen LogP contribution in [0.2, 0.25) is 0 Å². The van der Waals surface area contributed by atoms with Crippen molar-refractivity contribution in [1.29, 1.82) is 0 Å². The van der Waals surface area contributed by atoms with Gasteiger partial charge in [0.1, 0.15) is 18.0 Å². The quantitative estimate of drug-likeness (QED) is 0.882. The zero-order valence-corrected chi connectivity index (χ0v) is 11.6. The summed E-state index contributed by atoms with van der Waals surface area (Å²) in [6, 6.07) is 8.44. The van der Waals surface area contributed by atoms with E-state index in [2.05, 4.69) is 60.3 Å². The van der Waals surface area contributed by atoms with Crippen LogP contribution in [0.15, 0.2) is 30.6 Å². The molecule has 1 heterocycles. The fraction of sp³-hybridized carbons (Fsp3) is 0.333. The van der Waals surface area contributed by atoms with Crippen molar-refractivity contribution in [2.75, 3.05) is 11.1 Å². The fourth-order valence-electron chi connectivity index (χ4n) is 2.01. The number of nitrogens with one attached hydrogen (secondary N) is 1. The van der Waals surface area contributed by atoms with Gasteiger partial charge in [0.25, 0.3) is 0 Å². The molecule has 19 heavy (non-hydrogen) atoms. The second kappa shape index (κ2) is 5.69. The van der Waals surface area contributed by atoms with Crippen molar-refractivity contribution in [3.8, 4) is 0 Å². The second-order valence-corrected chi connectivity index (χ2v) is 5.02. The van der Waals surface area contributed by atoms with Crippen LogP contribution in [0.4, 0.5) is 11.6 Å². The molecule has 0 fully saturated rings. The highest BCUT2D eigenvalue weighted by molar-refractivity contribution is 5.56. The van der Waals surface area contributed by atoms with E-state index in [1.54, 1.807) is 0 Å². The summed E-state index contributed by atoms with van der Waals surface area (Å²) in [4.78, 5) is 8.35. The monoisotopic (exact) mass is 256 g/mol. The molecule has 100 valence electrons. The predicted octanol–water partition coefficient (Wildman–Crippen LogP) is 3.10. The van der Waals surface area contributed by atoms with Gasteiger partial charge in [-0.1, -0.05) is 43.7 Å². The van der Waals surface area contributed by atoms with Gasteiger partial charge in [0.15, 0.2) is 0 Å². The van der Waals surface area contributed by atoms with Crippen molar-refractivity contribution in [3.63, 3.8) is 0 Å². The number of hydrogen-bond donors (Lipinski definition) is 2. The van der Waals surface area contributed by atoms with E-state index < -0.39 is 0 Å². The van der Waals surface area contributed by atoms with Gasteiger partial charge in [-0.05, 0) is 18.4 Å². The molecule has 0 aliphatic rings. The first-order valence-electron chi connectivity index (χ1n) is 6.47. The van der Waals surface area contributed by atoms with Gasteiger partial charge in [-0.3, -0.25) is 0 Å². The maximum atomic E-state index is 5.92. The molecule has 0 unspecified atom stereocenters. The van der Waals surface area contributed by atoms with Gasteiger partial charge in [-0.2, -0.15) is 0 Å². The summed E-state index contributed by atoms with van der Waals surface area (Å²) in [6.45, 7) is 6.99. The molecule has 0 aliphatic heterocycles. The first kappa shape index (κ1) is 13.3. The fourth-order valence-corrected chi connectivity index (χ4v) is 2.01. The minimum Gasteiger partial charge on any atom is -0.383 e. The molecule has 0 amide bonds. The third kappa shape index (κ3) is 3.22. The number of aromatic nitrogens is 2. The Balaban J connectivity index is 2.15. The van der Waals surface area contributed by atoms with Crippen LogP contribution < -0.4 is 11.1 Å². The summed E-state index contributed by atoms with van der Waals surface area (Å²) in [7, 11) is 0. The molecule has 0 saturated heterocycles. The lowest BCUT2D eigenvalue weighted by molar-refractivity contribution is 0.849. The smallest absolute Gasteiger partial charge is 0.135 e. The lowest BCUT2D eigenvalue weighted by Crippen LogP contribution is -2.09. The topological polar surface area (TPSA) is 63.8 Å². The van der Waals surface area contributed by atoms with Crippen molar-refractivity contribution < 1.29 is 0 Å². The molecular formula is C15H20N4. The molecule has 0 bridgehead atoms. The van der Waals surface area contributed by atoms with Crippen LogP contribution in [0, 0.1) is 6.92 Å². The minimum atomic E-state index is 0.293. The third-order valence-electron chi connectivity index (χ3n) is 3.07. The Morgan fingerprint density at radius 1 is 1.16 bits per heavy atom. The van der Waals surface area contributed by atoms with E-state index in [1.807, 2.05) is 0 Å². The van der Waals surface area contributed by atoms with Crippen molar-refractivity contribution in [3.05, 3.63) is 47.3 Å². The molecule has 0 aliphatic carbocycles. The van der Waals surface area contributed by atoms with Crippen LogP contribution in [-0.4, -0.2) is 9.97 Å². The molecule has 2 rings (SSSR count). The number of anilines is 2. The first-order chi connectivity index (χ1) is 9.08. The van der Waals surface area contributed by atoms with Crippen LogP contribution >= 0.6 is 0 Å². The molecule has 1 aromatic carbocycles. The summed E-state index contributed by atoms with van der Waals surface area (Å²) in [5.41, 5.74) is 9.38. The molecule has 0 spiro atoms. The van der Waals surface area contributed by atoms with Crippen molar-refractivity contribution in [2.24, 2.45) is 0 Å². The summed E-state index contributed by atoms with van der Waals surface area (Å²) in [5, 5.41) is 3.34. The molecule has 4 heteroatoms. The van der Waals surface area contributed by atoms with E-state index in [0.717, 1.165) is 17.9 Å². The largest absolute Gasteiger partial charge is 0.383 e. The van der Waals surface area contributed by atoms with Gasteiger partial charge >= 0.3 is 0 Å². The lowest BCUT2D eigenvalue weighted by Gasteiger charge is -2.14. The van der Waals surface area contributed by atoms with Crippen LogP contribution in [0.5, 0.6) is 0 Å². The van der Waals surface area contributed by atoms with Crippen LogP contribution in [0.3, 0.4) is 0 Å². The van der Waals surface area contributed by atoms with E-state index in [4.69, 9.17) is 5.73 Å². The highest BCUT2D eigenvalue weighted by Gasteiger charge is 2.12. The zero-order valence-electron chi connectivity index (χ0n) is 11.6. The number of nitrogens with zero attached hydrogens (tertiary/aromatic N) is 2. The number of nitrogens with two attached hydrogens (primary N) is 1. The van der Waals surface area contributed by atoms with Crippen molar-refractivity contribution in [1.82, 2.24) is 9.97 Å². The number of rotatable bonds is 4. The summed E-state index contributed by atoms with van der Waals surface area (Å²) < 4.78 is 0. The van der Waals surface area contributed by atoms with Gasteiger partial charge in [0.2, 0.25) is 0 Å². The van der Waals surface area contributed by atoms with Gasteiger partial charge < -0.3 is 11.1 Å². The molecule has 3 N–H and O–H groups in total. The normalized spacial score (nSPS) is 10.7. The molecule has 1 aromatic heterocycles. The van der Waals surface area contributed by atoms with E-state index in [1.165, 1.54) is 17.5 Å². The maximum Gasteiger partial charge on any atom is 0.135 e. The van der Waals surface area contributed by atoms with E-state index >= 15 is 0 Å². The average Bonchev–Trinajstić information content (AvgIpc) is 2.37. The number of hydrogen-bond acceptors (Lipinski definition) is 4. The summed E-state index contributed by atoms with van der Waals surface area (Å²) in [5.74, 6) is 1.67. The Morgan fingerprint density at radius 2 is 1.84 bits per heavy atom. The molecular weight excluding hydrogens is 236 g/mol. The Kier molecular flexibility index (Phi) is 4.00. The second-order valence-electron chi connectivity index (χ2n) is 5.02. The van der Waals surface area contributed by atoms with Crippen LogP contribution in [-0.2, 0) is 6.54 Å². The zero-order chi connectivity index (χ0) is 13.8. The van der Waals surface area contributed by atoms with Gasteiger partial charge in [-0.25, -0.2) is 9.97 Å². The van der Waals surface area contributed by atoms with Gasteiger partial charge in [0, 0.05) is 12.1 Å². The Labute approximate surface area is 114 Å². The first-order valence-corrected chi connectivity index (χ1v) is 6.47. The molecule has 0 saturated carbocycles. The van der Waals surface area contributed by atoms with Crippen molar-refractivity contribution in [2.45, 2.75) is 33.2 Å². The SMILES string of the molecule is Cc1ccc(CNc2ncnc(N)c2C(C)C)cc1. The molecule has 4 nitrogen and oxygen atoms in total. The van der Waals surface area contributed by atoms with E-state index in [9.17, 15) is 0 Å². The van der Waals surface area contributed by atoms with Crippen molar-refractivity contribution >= 4 is 11.6 Å². The highest BCUT2D eigenvalue weighted by Crippen LogP contribution is 2.26. The van der Waals surface area contributed by atoms with Gasteiger partial charge in [0.05, 0.1) is 0 Å². The summed E-state index contributed by atoms with van der Waals surface area (Å²) in [6.07, 6.45) is 1.50. The standard InChI is InChI=1S/C15H20N4/c1-10(2)13-14(16)18-9-19-15(13)17-8-12-6-4-11(3)5-7-12/h4-7,9-10H,8H2,1-3H3,(H3,16,17,18,19). The Hall–Kier alpha value is -2.10. The number of benzene rings is 1. The number of aryl methyl sites for hydroxylation is 1. The lowest BCUT2D eigenvalue weighted by atomic mass is 10.0. The van der Waals surface area contributed by atoms with Crippen LogP contribution in [0.1, 0.15) is 36.5 Å². The predicted molar refractivity (Wildman–Crippen MR) is 79.0 cm³/mol. The number of nitrogen functional groups attached to an aromatic ring is 1. The highest BCUT2D eigenvalue weighted by atomic mass is 15.0. The molecule has 0 atom stereocenters. The Bertz CT molecular complexity index is 547. The van der Waals surface area contributed by atoms with Crippen LogP contribution in [0.25, 0.3) is 0 Å². The average molecular weight is 256 g/mol. The van der Waals surface area contributed by atoms with E-state index in [-0.39, 0.29) is 0 Å². The molecule has 2 aromatic rings. The molecule has 0 radical (unpaired) electrons. The summed E-state index contributed by atoms with van der Waals surface area (Å²) >= 11 is 0. The Morgan fingerprint density at radius 3 is 2.47 bits per heavy atom. The minimum absolute atomic E-state index is 0.293. The third-order valence-corrected chi connectivity index (χ3v) is 3.07. The van der Waals surface area contributed by atoms with Gasteiger partial charge in [-0.15, -0.1) is 0 Å². The maximum absolute atomic E-state index is 5.92. The van der Waals surface area contributed by atoms with E-state index in [0.29, 0.717) is 11.7 Å².